The molecular weight excluding hydrogens is 374 g/mol. The van der Waals surface area contributed by atoms with E-state index >= 15 is 0 Å². The van der Waals surface area contributed by atoms with Crippen molar-refractivity contribution in [3.63, 3.8) is 0 Å². The second-order valence-electron chi connectivity index (χ2n) is 6.94. The average molecular weight is 398 g/mol. The van der Waals surface area contributed by atoms with Crippen molar-refractivity contribution in [1.82, 2.24) is 24.9 Å². The molecule has 0 atom stereocenters. The van der Waals surface area contributed by atoms with Crippen LogP contribution >= 0.6 is 11.3 Å². The fourth-order valence-corrected chi connectivity index (χ4v) is 3.92. The van der Waals surface area contributed by atoms with Gasteiger partial charge in [-0.1, -0.05) is 6.07 Å². The molecule has 1 amide bonds. The molecule has 146 valence electrons. The molecule has 1 saturated heterocycles. The summed E-state index contributed by atoms with van der Waals surface area (Å²) >= 11 is 1.62. The number of aryl methyl sites for hydroxylation is 1. The van der Waals surface area contributed by atoms with Gasteiger partial charge in [0.05, 0.1) is 4.88 Å². The zero-order valence-electron chi connectivity index (χ0n) is 16.2. The van der Waals surface area contributed by atoms with Gasteiger partial charge in [-0.2, -0.15) is 5.10 Å². The van der Waals surface area contributed by atoms with Crippen molar-refractivity contribution in [2.45, 2.75) is 0 Å². The molecule has 0 radical (unpaired) electrons. The number of rotatable bonds is 4. The van der Waals surface area contributed by atoms with E-state index in [1.165, 1.54) is 0 Å². The summed E-state index contributed by atoms with van der Waals surface area (Å²) in [6.07, 6.45) is 0. The molecule has 0 unspecified atom stereocenters. The third-order valence-electron chi connectivity index (χ3n) is 4.86. The maximum atomic E-state index is 13.0. The molecular formula is C19H23N7OS. The fourth-order valence-electron chi connectivity index (χ4n) is 3.24. The highest BCUT2D eigenvalue weighted by Crippen LogP contribution is 2.24. The van der Waals surface area contributed by atoms with E-state index in [-0.39, 0.29) is 5.91 Å². The van der Waals surface area contributed by atoms with Crippen molar-refractivity contribution >= 4 is 28.9 Å². The minimum atomic E-state index is 0.0199. The minimum Gasteiger partial charge on any atom is -0.361 e. The highest BCUT2D eigenvalue weighted by atomic mass is 32.1. The zero-order chi connectivity index (χ0) is 19.7. The second-order valence-corrected chi connectivity index (χ2v) is 7.89. The Balaban J connectivity index is 1.42. The maximum Gasteiger partial charge on any atom is 0.272 e. The predicted octanol–water partition coefficient (Wildman–Crippen LogP) is 1.97. The van der Waals surface area contributed by atoms with Gasteiger partial charge < -0.3 is 14.7 Å². The largest absolute Gasteiger partial charge is 0.361 e. The monoisotopic (exact) mass is 397 g/mol. The average Bonchev–Trinajstić information content (AvgIpc) is 3.37. The fraction of sp³-hybridized carbons (Fsp3) is 0.368. The molecule has 1 aliphatic heterocycles. The molecule has 0 aromatic carbocycles. The number of hydrogen-bond acceptors (Lipinski definition) is 7. The summed E-state index contributed by atoms with van der Waals surface area (Å²) in [7, 11) is 5.70. The van der Waals surface area contributed by atoms with Gasteiger partial charge in [-0.25, -0.2) is 0 Å². The van der Waals surface area contributed by atoms with E-state index in [0.717, 1.165) is 35.3 Å². The first-order chi connectivity index (χ1) is 13.5. The third kappa shape index (κ3) is 3.57. The number of carbonyl (C=O) groups is 1. The van der Waals surface area contributed by atoms with Crippen molar-refractivity contribution < 1.29 is 4.79 Å². The summed E-state index contributed by atoms with van der Waals surface area (Å²) in [5.74, 6) is 1.69. The Labute approximate surface area is 168 Å². The molecule has 4 heterocycles. The number of thiophene rings is 1. The van der Waals surface area contributed by atoms with Crippen LogP contribution in [0, 0.1) is 0 Å². The summed E-state index contributed by atoms with van der Waals surface area (Å²) in [6.45, 7) is 2.76. The first-order valence-electron chi connectivity index (χ1n) is 9.16. The van der Waals surface area contributed by atoms with Crippen LogP contribution in [0.2, 0.25) is 0 Å². The maximum absolute atomic E-state index is 13.0. The number of aromatic nitrogens is 4. The molecule has 9 heteroatoms. The number of nitrogens with zero attached hydrogens (tertiary/aromatic N) is 7. The molecule has 4 rings (SSSR count). The molecule has 1 fully saturated rings. The van der Waals surface area contributed by atoms with E-state index in [1.54, 1.807) is 16.0 Å². The second kappa shape index (κ2) is 7.59. The predicted molar refractivity (Wildman–Crippen MR) is 111 cm³/mol. The SMILES string of the molecule is CN(C)c1ccc(N2CCN(C(=O)c3cc(-c4cccs4)nn3C)CC2)nn1. The van der Waals surface area contributed by atoms with E-state index in [9.17, 15) is 4.79 Å². The van der Waals surface area contributed by atoms with Gasteiger partial charge in [0.25, 0.3) is 5.91 Å². The molecule has 0 spiro atoms. The molecule has 0 saturated carbocycles. The van der Waals surface area contributed by atoms with Crippen LogP contribution in [-0.2, 0) is 7.05 Å². The van der Waals surface area contributed by atoms with E-state index < -0.39 is 0 Å². The summed E-state index contributed by atoms with van der Waals surface area (Å²) in [5, 5.41) is 15.1. The lowest BCUT2D eigenvalue weighted by Gasteiger charge is -2.35. The van der Waals surface area contributed by atoms with Gasteiger partial charge in [0, 0.05) is 47.3 Å². The van der Waals surface area contributed by atoms with E-state index in [4.69, 9.17) is 0 Å². The summed E-state index contributed by atoms with van der Waals surface area (Å²) in [5.41, 5.74) is 1.46. The van der Waals surface area contributed by atoms with Crippen LogP contribution < -0.4 is 9.80 Å². The molecule has 0 aliphatic carbocycles. The van der Waals surface area contributed by atoms with Crippen molar-refractivity contribution in [1.29, 1.82) is 0 Å². The first kappa shape index (κ1) is 18.4. The quantitative estimate of drug-likeness (QED) is 0.670. The van der Waals surface area contributed by atoms with Crippen LogP contribution in [0.5, 0.6) is 0 Å². The Hall–Kier alpha value is -2.94. The topological polar surface area (TPSA) is 70.4 Å². The van der Waals surface area contributed by atoms with Crippen molar-refractivity contribution in [2.24, 2.45) is 7.05 Å². The standard InChI is InChI=1S/C19H23N7OS/c1-23(2)17-6-7-18(21-20-17)25-8-10-26(11-9-25)19(27)15-13-14(22-24(15)3)16-5-4-12-28-16/h4-7,12-13H,8-11H2,1-3H3. The van der Waals surface area contributed by atoms with Crippen molar-refractivity contribution in [3.05, 3.63) is 41.4 Å². The van der Waals surface area contributed by atoms with Crippen molar-refractivity contribution in [2.75, 3.05) is 50.1 Å². The van der Waals surface area contributed by atoms with Gasteiger partial charge in [0.15, 0.2) is 11.6 Å². The molecule has 3 aromatic rings. The normalized spacial score (nSPS) is 14.4. The number of anilines is 2. The lowest BCUT2D eigenvalue weighted by atomic mass is 10.2. The Bertz CT molecular complexity index is 941. The Morgan fingerprint density at radius 1 is 1.11 bits per heavy atom. The molecule has 8 nitrogen and oxygen atoms in total. The summed E-state index contributed by atoms with van der Waals surface area (Å²) in [6, 6.07) is 9.83. The van der Waals surface area contributed by atoms with E-state index in [0.29, 0.717) is 18.8 Å². The van der Waals surface area contributed by atoms with Crippen LogP contribution in [0.4, 0.5) is 11.6 Å². The van der Waals surface area contributed by atoms with Gasteiger partial charge in [0.1, 0.15) is 11.4 Å². The highest BCUT2D eigenvalue weighted by Gasteiger charge is 2.25. The van der Waals surface area contributed by atoms with Gasteiger partial charge >= 0.3 is 0 Å². The van der Waals surface area contributed by atoms with Crippen LogP contribution in [0.25, 0.3) is 10.6 Å². The number of carbonyl (C=O) groups excluding carboxylic acids is 1. The van der Waals surface area contributed by atoms with Gasteiger partial charge in [-0.15, -0.1) is 21.5 Å². The molecule has 28 heavy (non-hydrogen) atoms. The molecule has 0 N–H and O–H groups in total. The van der Waals surface area contributed by atoms with Crippen molar-refractivity contribution in [3.8, 4) is 10.6 Å². The van der Waals surface area contributed by atoms with Crippen LogP contribution in [0.1, 0.15) is 10.5 Å². The zero-order valence-corrected chi connectivity index (χ0v) is 17.1. The lowest BCUT2D eigenvalue weighted by molar-refractivity contribution is 0.0735. The number of amides is 1. The molecule has 1 aliphatic rings. The Morgan fingerprint density at radius 2 is 1.89 bits per heavy atom. The third-order valence-corrected chi connectivity index (χ3v) is 5.75. The van der Waals surface area contributed by atoms with Crippen LogP contribution in [-0.4, -0.2) is 71.1 Å². The molecule has 3 aromatic heterocycles. The van der Waals surface area contributed by atoms with Gasteiger partial charge in [-0.05, 0) is 29.6 Å². The highest BCUT2D eigenvalue weighted by molar-refractivity contribution is 7.13. The van der Waals surface area contributed by atoms with Gasteiger partial charge in [-0.3, -0.25) is 9.48 Å². The smallest absolute Gasteiger partial charge is 0.272 e. The van der Waals surface area contributed by atoms with Crippen LogP contribution in [0.15, 0.2) is 35.7 Å². The first-order valence-corrected chi connectivity index (χ1v) is 10.0. The Kier molecular flexibility index (Phi) is 4.99. The molecule has 0 bridgehead atoms. The van der Waals surface area contributed by atoms with E-state index in [1.807, 2.05) is 66.7 Å². The minimum absolute atomic E-state index is 0.0199. The van der Waals surface area contributed by atoms with E-state index in [2.05, 4.69) is 20.2 Å². The lowest BCUT2D eigenvalue weighted by Crippen LogP contribution is -2.49. The summed E-state index contributed by atoms with van der Waals surface area (Å²) < 4.78 is 1.68. The van der Waals surface area contributed by atoms with Crippen LogP contribution in [0.3, 0.4) is 0 Å². The Morgan fingerprint density at radius 3 is 2.50 bits per heavy atom. The van der Waals surface area contributed by atoms with Gasteiger partial charge in [0.2, 0.25) is 0 Å². The summed E-state index contributed by atoms with van der Waals surface area (Å²) in [4.78, 5) is 20.0. The number of piperazine rings is 1. The number of hydrogen-bond donors (Lipinski definition) is 0.